The van der Waals surface area contributed by atoms with Crippen LogP contribution < -0.4 is 10.6 Å². The summed E-state index contributed by atoms with van der Waals surface area (Å²) < 4.78 is 5.37. The number of aromatic nitrogens is 1. The molecule has 0 radical (unpaired) electrons. The van der Waals surface area contributed by atoms with Crippen LogP contribution in [0.5, 0.6) is 0 Å². The van der Waals surface area contributed by atoms with E-state index in [1.54, 1.807) is 42.5 Å². The first-order valence-electron chi connectivity index (χ1n) is 8.81. The number of pyridine rings is 1. The van der Waals surface area contributed by atoms with E-state index in [1.807, 2.05) is 12.1 Å². The summed E-state index contributed by atoms with van der Waals surface area (Å²) >= 11 is 0.981. The number of para-hydroxylation sites is 1. The van der Waals surface area contributed by atoms with Crippen LogP contribution in [0, 0.1) is 22.7 Å². The maximum Gasteiger partial charge on any atom is 0.247 e. The predicted molar refractivity (Wildman–Crippen MR) is 109 cm³/mol. The maximum atomic E-state index is 12.9. The van der Waals surface area contributed by atoms with Gasteiger partial charge >= 0.3 is 0 Å². The highest BCUT2D eigenvalue weighted by atomic mass is 32.2. The van der Waals surface area contributed by atoms with Gasteiger partial charge in [-0.05, 0) is 24.3 Å². The summed E-state index contributed by atoms with van der Waals surface area (Å²) in [6.45, 7) is 0. The molecule has 1 aliphatic rings. The van der Waals surface area contributed by atoms with Crippen LogP contribution >= 0.6 is 11.8 Å². The first kappa shape index (κ1) is 19.2. The summed E-state index contributed by atoms with van der Waals surface area (Å²) in [4.78, 5) is 30.7. The molecule has 1 aliphatic heterocycles. The number of nitrogen functional groups attached to an aromatic ring is 1. The second-order valence-corrected chi connectivity index (χ2v) is 7.53. The van der Waals surface area contributed by atoms with E-state index in [0.717, 1.165) is 16.7 Å². The minimum atomic E-state index is -0.769. The fourth-order valence-corrected chi connectivity index (χ4v) is 4.35. The van der Waals surface area contributed by atoms with Gasteiger partial charge in [0.1, 0.15) is 34.3 Å². The van der Waals surface area contributed by atoms with E-state index >= 15 is 0 Å². The quantitative estimate of drug-likeness (QED) is 0.642. The summed E-state index contributed by atoms with van der Waals surface area (Å²) in [5.74, 6) is -0.527. The zero-order valence-corrected chi connectivity index (χ0v) is 16.2. The Kier molecular flexibility index (Phi) is 4.97. The summed E-state index contributed by atoms with van der Waals surface area (Å²) in [6.07, 6.45) is 1.37. The molecule has 3 heterocycles. The second-order valence-electron chi connectivity index (χ2n) is 6.34. The van der Waals surface area contributed by atoms with Gasteiger partial charge in [-0.15, -0.1) is 0 Å². The van der Waals surface area contributed by atoms with Crippen molar-refractivity contribution in [3.05, 3.63) is 59.9 Å². The third kappa shape index (κ3) is 3.17. The van der Waals surface area contributed by atoms with Gasteiger partial charge in [0.25, 0.3) is 0 Å². The Hall–Kier alpha value is -4.08. The van der Waals surface area contributed by atoms with Crippen LogP contribution in [0.1, 0.15) is 17.5 Å². The van der Waals surface area contributed by atoms with Crippen molar-refractivity contribution in [2.45, 2.75) is 16.7 Å². The van der Waals surface area contributed by atoms with E-state index in [2.05, 4.69) is 4.98 Å². The smallest absolute Gasteiger partial charge is 0.247 e. The molecule has 0 spiro atoms. The molecular weight excluding hydrogens is 402 g/mol. The zero-order chi connectivity index (χ0) is 21.3. The van der Waals surface area contributed by atoms with Gasteiger partial charge in [0.15, 0.2) is 0 Å². The van der Waals surface area contributed by atoms with E-state index in [1.165, 1.54) is 6.26 Å². The summed E-state index contributed by atoms with van der Waals surface area (Å²) in [7, 11) is 0. The molecule has 0 saturated carbocycles. The van der Waals surface area contributed by atoms with Crippen LogP contribution in [0.25, 0.3) is 11.3 Å². The number of amides is 2. The number of imide groups is 1. The topological polar surface area (TPSA) is 137 Å². The van der Waals surface area contributed by atoms with Gasteiger partial charge in [-0.25, -0.2) is 9.88 Å². The molecule has 146 valence electrons. The molecule has 1 saturated heterocycles. The highest BCUT2D eigenvalue weighted by Crippen LogP contribution is 2.40. The molecule has 2 amide bonds. The van der Waals surface area contributed by atoms with Crippen molar-refractivity contribution in [3.63, 3.8) is 0 Å². The second kappa shape index (κ2) is 7.74. The average molecular weight is 415 g/mol. The number of hydrogen-bond acceptors (Lipinski definition) is 8. The lowest BCUT2D eigenvalue weighted by molar-refractivity contribution is -0.121. The standard InChI is InChI=1S/C21H13N5O3S/c22-10-13-18(15-7-4-8-29-15)14(11-23)20(25-19(13)24)30-16-9-17(27)26(21(16)28)12-5-2-1-3-6-12/h1-8,16H,9H2,(H2,24,25). The molecule has 1 atom stereocenters. The Morgan fingerprint density at radius 2 is 1.83 bits per heavy atom. The molecular formula is C21H13N5O3S. The minimum absolute atomic E-state index is 0.0191. The predicted octanol–water partition coefficient (Wildman–Crippen LogP) is 3.09. The minimum Gasteiger partial charge on any atom is -0.464 e. The monoisotopic (exact) mass is 415 g/mol. The van der Waals surface area contributed by atoms with Crippen molar-refractivity contribution in [1.82, 2.24) is 4.98 Å². The van der Waals surface area contributed by atoms with Crippen LogP contribution in [0.3, 0.4) is 0 Å². The van der Waals surface area contributed by atoms with E-state index in [-0.39, 0.29) is 39.9 Å². The molecule has 3 aromatic rings. The number of benzene rings is 1. The Labute approximate surface area is 175 Å². The van der Waals surface area contributed by atoms with E-state index < -0.39 is 11.2 Å². The number of nitrogens with two attached hydrogens (primary N) is 1. The SMILES string of the molecule is N#Cc1c(N)nc(SC2CC(=O)N(c3ccccc3)C2=O)c(C#N)c1-c1ccco1. The molecule has 30 heavy (non-hydrogen) atoms. The van der Waals surface area contributed by atoms with Crippen LogP contribution in [0.4, 0.5) is 11.5 Å². The number of thioether (sulfide) groups is 1. The summed E-state index contributed by atoms with van der Waals surface area (Å²) in [5.41, 5.74) is 6.75. The lowest BCUT2D eigenvalue weighted by atomic mass is 10.0. The number of rotatable bonds is 4. The van der Waals surface area contributed by atoms with Gasteiger partial charge in [-0.1, -0.05) is 30.0 Å². The summed E-state index contributed by atoms with van der Waals surface area (Å²) in [5, 5.41) is 18.7. The molecule has 1 unspecified atom stereocenters. The van der Waals surface area contributed by atoms with Crippen molar-refractivity contribution in [2.24, 2.45) is 0 Å². The lowest BCUT2D eigenvalue weighted by Gasteiger charge is -2.15. The highest BCUT2D eigenvalue weighted by Gasteiger charge is 2.41. The van der Waals surface area contributed by atoms with E-state index in [0.29, 0.717) is 11.4 Å². The third-order valence-corrected chi connectivity index (χ3v) is 5.73. The van der Waals surface area contributed by atoms with Gasteiger partial charge < -0.3 is 10.2 Å². The normalized spacial score (nSPS) is 15.8. The number of carbonyl (C=O) groups is 2. The molecule has 0 aliphatic carbocycles. The van der Waals surface area contributed by atoms with E-state index in [4.69, 9.17) is 10.2 Å². The van der Waals surface area contributed by atoms with Gasteiger partial charge in [0, 0.05) is 6.42 Å². The number of nitrogens with zero attached hydrogens (tertiary/aromatic N) is 4. The fraction of sp³-hybridized carbons (Fsp3) is 0.0952. The number of hydrogen-bond donors (Lipinski definition) is 1. The number of furan rings is 1. The molecule has 8 nitrogen and oxygen atoms in total. The Morgan fingerprint density at radius 1 is 1.10 bits per heavy atom. The largest absolute Gasteiger partial charge is 0.464 e. The molecule has 2 N–H and O–H groups in total. The van der Waals surface area contributed by atoms with Crippen LogP contribution in [-0.4, -0.2) is 22.0 Å². The fourth-order valence-electron chi connectivity index (χ4n) is 3.23. The van der Waals surface area contributed by atoms with Crippen LogP contribution in [0.2, 0.25) is 0 Å². The van der Waals surface area contributed by atoms with Crippen molar-refractivity contribution in [2.75, 3.05) is 10.6 Å². The Bertz CT molecular complexity index is 1230. The molecule has 9 heteroatoms. The van der Waals surface area contributed by atoms with Gasteiger partial charge in [0.05, 0.1) is 28.3 Å². The highest BCUT2D eigenvalue weighted by molar-refractivity contribution is 8.00. The first-order chi connectivity index (χ1) is 14.5. The zero-order valence-electron chi connectivity index (χ0n) is 15.4. The average Bonchev–Trinajstić information content (AvgIpc) is 3.36. The molecule has 1 aromatic carbocycles. The molecule has 1 fully saturated rings. The maximum absolute atomic E-state index is 12.9. The van der Waals surface area contributed by atoms with Gasteiger partial charge in [0.2, 0.25) is 11.8 Å². The van der Waals surface area contributed by atoms with E-state index in [9.17, 15) is 20.1 Å². The van der Waals surface area contributed by atoms with Crippen molar-refractivity contribution < 1.29 is 14.0 Å². The number of carbonyl (C=O) groups excluding carboxylic acids is 2. The molecule has 0 bridgehead atoms. The van der Waals surface area contributed by atoms with Crippen molar-refractivity contribution in [3.8, 4) is 23.5 Å². The number of nitriles is 2. The van der Waals surface area contributed by atoms with Gasteiger partial charge in [-0.2, -0.15) is 10.5 Å². The summed E-state index contributed by atoms with van der Waals surface area (Å²) in [6, 6.07) is 15.8. The number of anilines is 2. The lowest BCUT2D eigenvalue weighted by Crippen LogP contribution is -2.31. The first-order valence-corrected chi connectivity index (χ1v) is 9.69. The Morgan fingerprint density at radius 3 is 2.47 bits per heavy atom. The molecule has 2 aromatic heterocycles. The third-order valence-electron chi connectivity index (χ3n) is 4.56. The van der Waals surface area contributed by atoms with Crippen molar-refractivity contribution >= 4 is 35.1 Å². The van der Waals surface area contributed by atoms with Crippen LogP contribution in [-0.2, 0) is 9.59 Å². The Balaban J connectivity index is 1.74. The molecule has 4 rings (SSSR count). The van der Waals surface area contributed by atoms with Crippen LogP contribution in [0.15, 0.2) is 58.2 Å². The van der Waals surface area contributed by atoms with Crippen molar-refractivity contribution in [1.29, 1.82) is 10.5 Å². The van der Waals surface area contributed by atoms with Gasteiger partial charge in [-0.3, -0.25) is 9.59 Å².